The predicted molar refractivity (Wildman–Crippen MR) is 65.6 cm³/mol. The van der Waals surface area contributed by atoms with E-state index in [0.717, 1.165) is 37.7 Å². The Labute approximate surface area is 102 Å². The molecule has 4 nitrogen and oxygen atoms in total. The first-order chi connectivity index (χ1) is 8.33. The van der Waals surface area contributed by atoms with Crippen molar-refractivity contribution in [3.8, 4) is 11.5 Å². The largest absolute Gasteiger partial charge is 0.493 e. The van der Waals surface area contributed by atoms with Gasteiger partial charge in [-0.25, -0.2) is 0 Å². The van der Waals surface area contributed by atoms with Crippen molar-refractivity contribution < 1.29 is 9.47 Å². The van der Waals surface area contributed by atoms with Crippen LogP contribution in [-0.2, 0) is 6.42 Å². The SMILES string of the molecule is COc1cc2c(cc1OC)C1CNCN1CC2. The lowest BCUT2D eigenvalue weighted by molar-refractivity contribution is 0.246. The highest BCUT2D eigenvalue weighted by molar-refractivity contribution is 5.49. The number of rotatable bonds is 2. The Bertz CT molecular complexity index is 434. The first-order valence-corrected chi connectivity index (χ1v) is 6.03. The van der Waals surface area contributed by atoms with Gasteiger partial charge in [0.15, 0.2) is 11.5 Å². The van der Waals surface area contributed by atoms with Crippen molar-refractivity contribution in [1.29, 1.82) is 0 Å². The van der Waals surface area contributed by atoms with Crippen LogP contribution < -0.4 is 14.8 Å². The number of methoxy groups -OCH3 is 2. The molecule has 1 atom stereocenters. The summed E-state index contributed by atoms with van der Waals surface area (Å²) < 4.78 is 10.7. The predicted octanol–water partition coefficient (Wildman–Crippen LogP) is 1.16. The zero-order chi connectivity index (χ0) is 11.8. The van der Waals surface area contributed by atoms with E-state index in [1.165, 1.54) is 11.1 Å². The molecule has 1 N–H and O–H groups in total. The number of fused-ring (bicyclic) bond motifs is 3. The molecule has 1 aromatic rings. The van der Waals surface area contributed by atoms with Gasteiger partial charge in [0.05, 0.1) is 14.2 Å². The summed E-state index contributed by atoms with van der Waals surface area (Å²) in [6.07, 6.45) is 1.09. The number of hydrogen-bond acceptors (Lipinski definition) is 4. The van der Waals surface area contributed by atoms with Crippen LogP contribution in [0.25, 0.3) is 0 Å². The van der Waals surface area contributed by atoms with Crippen LogP contribution >= 0.6 is 0 Å². The van der Waals surface area contributed by atoms with Gasteiger partial charge in [-0.15, -0.1) is 0 Å². The molecule has 0 spiro atoms. The lowest BCUT2D eigenvalue weighted by atomic mass is 9.93. The first kappa shape index (κ1) is 10.9. The number of nitrogens with one attached hydrogen (secondary N) is 1. The molecular weight excluding hydrogens is 216 g/mol. The number of ether oxygens (including phenoxy) is 2. The van der Waals surface area contributed by atoms with Crippen molar-refractivity contribution in [2.24, 2.45) is 0 Å². The van der Waals surface area contributed by atoms with E-state index < -0.39 is 0 Å². The fraction of sp³-hybridized carbons (Fsp3) is 0.538. The summed E-state index contributed by atoms with van der Waals surface area (Å²) >= 11 is 0. The van der Waals surface area contributed by atoms with Crippen LogP contribution in [-0.4, -0.2) is 38.9 Å². The molecule has 1 unspecified atom stereocenters. The first-order valence-electron chi connectivity index (χ1n) is 6.03. The number of nitrogens with zero attached hydrogens (tertiary/aromatic N) is 1. The van der Waals surface area contributed by atoms with Gasteiger partial charge in [-0.2, -0.15) is 0 Å². The normalized spacial score (nSPS) is 23.1. The number of hydrogen-bond donors (Lipinski definition) is 1. The van der Waals surface area contributed by atoms with Crippen LogP contribution in [0.4, 0.5) is 0 Å². The molecule has 3 rings (SSSR count). The Morgan fingerprint density at radius 1 is 1.24 bits per heavy atom. The maximum absolute atomic E-state index is 5.39. The molecule has 0 amide bonds. The molecule has 1 fully saturated rings. The van der Waals surface area contributed by atoms with Crippen LogP contribution in [0.15, 0.2) is 12.1 Å². The summed E-state index contributed by atoms with van der Waals surface area (Å²) in [6, 6.07) is 4.76. The molecule has 2 aliphatic heterocycles. The molecule has 2 aliphatic rings. The molecule has 0 radical (unpaired) electrons. The molecule has 17 heavy (non-hydrogen) atoms. The van der Waals surface area contributed by atoms with Crippen molar-refractivity contribution in [2.45, 2.75) is 12.5 Å². The van der Waals surface area contributed by atoms with Crippen LogP contribution in [0.5, 0.6) is 11.5 Å². The molecule has 0 bridgehead atoms. The van der Waals surface area contributed by atoms with Gasteiger partial charge in [-0.3, -0.25) is 4.90 Å². The Balaban J connectivity index is 2.06. The summed E-state index contributed by atoms with van der Waals surface area (Å²) in [6.45, 7) is 3.15. The zero-order valence-corrected chi connectivity index (χ0v) is 10.3. The van der Waals surface area contributed by atoms with E-state index >= 15 is 0 Å². The molecule has 1 aromatic carbocycles. The van der Waals surface area contributed by atoms with E-state index in [4.69, 9.17) is 9.47 Å². The second-order valence-electron chi connectivity index (χ2n) is 4.60. The van der Waals surface area contributed by atoms with E-state index in [1.54, 1.807) is 14.2 Å². The third-order valence-electron chi connectivity index (χ3n) is 3.77. The fourth-order valence-electron chi connectivity index (χ4n) is 2.85. The Morgan fingerprint density at radius 3 is 2.76 bits per heavy atom. The summed E-state index contributed by atoms with van der Waals surface area (Å²) in [4.78, 5) is 2.48. The monoisotopic (exact) mass is 234 g/mol. The third kappa shape index (κ3) is 1.68. The van der Waals surface area contributed by atoms with Crippen LogP contribution in [0.3, 0.4) is 0 Å². The minimum atomic E-state index is 0.499. The Kier molecular flexibility index (Phi) is 2.68. The Hall–Kier alpha value is -1.26. The molecule has 0 aliphatic carbocycles. The van der Waals surface area contributed by atoms with E-state index in [2.05, 4.69) is 22.3 Å². The topological polar surface area (TPSA) is 33.7 Å². The van der Waals surface area contributed by atoms with E-state index in [9.17, 15) is 0 Å². The van der Waals surface area contributed by atoms with Crippen molar-refractivity contribution >= 4 is 0 Å². The fourth-order valence-corrected chi connectivity index (χ4v) is 2.85. The summed E-state index contributed by atoms with van der Waals surface area (Å²) in [5.74, 6) is 1.67. The van der Waals surface area contributed by atoms with Crippen LogP contribution in [0, 0.1) is 0 Å². The van der Waals surface area contributed by atoms with Gasteiger partial charge in [0.25, 0.3) is 0 Å². The molecule has 0 aromatic heterocycles. The molecule has 2 heterocycles. The van der Waals surface area contributed by atoms with Gasteiger partial charge >= 0.3 is 0 Å². The highest BCUT2D eigenvalue weighted by atomic mass is 16.5. The lowest BCUT2D eigenvalue weighted by Gasteiger charge is -2.31. The highest BCUT2D eigenvalue weighted by Gasteiger charge is 2.31. The van der Waals surface area contributed by atoms with Gasteiger partial charge in [-0.05, 0) is 29.7 Å². The summed E-state index contributed by atoms with van der Waals surface area (Å²) in [7, 11) is 3.38. The molecule has 1 saturated heterocycles. The van der Waals surface area contributed by atoms with E-state index in [1.807, 2.05) is 0 Å². The second-order valence-corrected chi connectivity index (χ2v) is 4.60. The van der Waals surface area contributed by atoms with Crippen molar-refractivity contribution in [3.63, 3.8) is 0 Å². The minimum Gasteiger partial charge on any atom is -0.493 e. The van der Waals surface area contributed by atoms with Gasteiger partial charge in [-0.1, -0.05) is 0 Å². The summed E-state index contributed by atoms with van der Waals surface area (Å²) in [5, 5.41) is 3.43. The maximum atomic E-state index is 5.39. The molecule has 0 saturated carbocycles. The van der Waals surface area contributed by atoms with Gasteiger partial charge < -0.3 is 14.8 Å². The van der Waals surface area contributed by atoms with Crippen LogP contribution in [0.1, 0.15) is 17.2 Å². The molecular formula is C13H18N2O2. The Morgan fingerprint density at radius 2 is 2.00 bits per heavy atom. The summed E-state index contributed by atoms with van der Waals surface area (Å²) in [5.41, 5.74) is 2.78. The standard InChI is InChI=1S/C13H18N2O2/c1-16-12-5-9-3-4-15-8-14-7-11(15)10(9)6-13(12)17-2/h5-6,11,14H,3-4,7-8H2,1-2H3. The highest BCUT2D eigenvalue weighted by Crippen LogP contribution is 2.38. The van der Waals surface area contributed by atoms with E-state index in [0.29, 0.717) is 6.04 Å². The van der Waals surface area contributed by atoms with Crippen molar-refractivity contribution in [2.75, 3.05) is 34.0 Å². The minimum absolute atomic E-state index is 0.499. The molecule has 4 heteroatoms. The third-order valence-corrected chi connectivity index (χ3v) is 3.77. The average Bonchev–Trinajstić information content (AvgIpc) is 2.85. The second kappa shape index (κ2) is 4.20. The number of benzene rings is 1. The van der Waals surface area contributed by atoms with Gasteiger partial charge in [0, 0.05) is 25.8 Å². The smallest absolute Gasteiger partial charge is 0.161 e. The lowest BCUT2D eigenvalue weighted by Crippen LogP contribution is -2.32. The van der Waals surface area contributed by atoms with Crippen LogP contribution in [0.2, 0.25) is 0 Å². The van der Waals surface area contributed by atoms with Gasteiger partial charge in [0.1, 0.15) is 0 Å². The van der Waals surface area contributed by atoms with Gasteiger partial charge in [0.2, 0.25) is 0 Å². The van der Waals surface area contributed by atoms with E-state index in [-0.39, 0.29) is 0 Å². The maximum Gasteiger partial charge on any atom is 0.161 e. The van der Waals surface area contributed by atoms with Crippen molar-refractivity contribution in [1.82, 2.24) is 10.2 Å². The zero-order valence-electron chi connectivity index (χ0n) is 10.3. The molecule has 92 valence electrons. The quantitative estimate of drug-likeness (QED) is 0.832. The van der Waals surface area contributed by atoms with Crippen molar-refractivity contribution in [3.05, 3.63) is 23.3 Å². The average molecular weight is 234 g/mol.